The molecule has 1 N–H and O–H groups in total. The second kappa shape index (κ2) is 7.35. The average Bonchev–Trinajstić information content (AvgIpc) is 2.60. The van der Waals surface area contributed by atoms with Gasteiger partial charge in [0.15, 0.2) is 0 Å². The van der Waals surface area contributed by atoms with Gasteiger partial charge in [0.25, 0.3) is 0 Å². The Kier molecular flexibility index (Phi) is 5.15. The summed E-state index contributed by atoms with van der Waals surface area (Å²) in [5.74, 6) is -0.510. The Morgan fingerprint density at radius 3 is 2.62 bits per heavy atom. The van der Waals surface area contributed by atoms with Crippen LogP contribution in [0.25, 0.3) is 11.0 Å². The number of hydrogen-bond acceptors (Lipinski definition) is 4. The largest absolute Gasteiger partial charge is 0.462 e. The van der Waals surface area contributed by atoms with Crippen molar-refractivity contribution in [3.05, 3.63) is 78.3 Å². The van der Waals surface area contributed by atoms with Crippen LogP contribution in [0.4, 0.5) is 0 Å². The number of carbonyl (C=O) groups is 1. The van der Waals surface area contributed by atoms with Gasteiger partial charge in [0.1, 0.15) is 0 Å². The van der Waals surface area contributed by atoms with Gasteiger partial charge in [0.05, 0.1) is 29.7 Å². The molecule has 1 aromatic heterocycles. The zero-order valence-corrected chi connectivity index (χ0v) is 15.2. The molecule has 0 unspecified atom stereocenters. The molecule has 3 aromatic rings. The molecule has 0 aliphatic carbocycles. The Labute approximate surface area is 157 Å². The van der Waals surface area contributed by atoms with Crippen LogP contribution in [0.3, 0.4) is 0 Å². The number of carbonyl (C=O) groups excluding carboxylic acids is 1. The Balaban J connectivity index is 2.19. The minimum Gasteiger partial charge on any atom is -0.462 e. The third kappa shape index (κ3) is 3.52. The molecule has 8 heteroatoms. The number of fused-ring (bicyclic) bond motifs is 1. The SMILES string of the molecule is CCOC(=O)c1ccc2[nH]c(=O)c(=O)n(Cc3ccc(Cl)cc3Cl)c2c1. The quantitative estimate of drug-likeness (QED) is 0.545. The van der Waals surface area contributed by atoms with Crippen LogP contribution < -0.4 is 11.1 Å². The van der Waals surface area contributed by atoms with E-state index in [2.05, 4.69) is 4.98 Å². The highest BCUT2D eigenvalue weighted by molar-refractivity contribution is 6.35. The molecule has 0 fully saturated rings. The number of aromatic amines is 1. The first-order valence-corrected chi connectivity index (χ1v) is 8.54. The Bertz CT molecular complexity index is 1120. The van der Waals surface area contributed by atoms with Gasteiger partial charge in [-0.2, -0.15) is 0 Å². The van der Waals surface area contributed by atoms with Crippen molar-refractivity contribution >= 4 is 40.2 Å². The fourth-order valence-corrected chi connectivity index (χ4v) is 3.06. The van der Waals surface area contributed by atoms with E-state index in [0.29, 0.717) is 26.6 Å². The normalized spacial score (nSPS) is 10.9. The third-order valence-electron chi connectivity index (χ3n) is 3.83. The molecule has 0 spiro atoms. The number of ether oxygens (including phenoxy) is 1. The fraction of sp³-hybridized carbons (Fsp3) is 0.167. The minimum absolute atomic E-state index is 0.0571. The van der Waals surface area contributed by atoms with Crippen molar-refractivity contribution in [2.45, 2.75) is 13.5 Å². The summed E-state index contributed by atoms with van der Waals surface area (Å²) in [6.07, 6.45) is 0. The molecule has 0 bridgehead atoms. The molecule has 0 amide bonds. The monoisotopic (exact) mass is 392 g/mol. The smallest absolute Gasteiger partial charge is 0.338 e. The first kappa shape index (κ1) is 18.2. The summed E-state index contributed by atoms with van der Waals surface area (Å²) >= 11 is 12.1. The van der Waals surface area contributed by atoms with Crippen molar-refractivity contribution in [2.24, 2.45) is 0 Å². The van der Waals surface area contributed by atoms with Crippen LogP contribution in [0, 0.1) is 0 Å². The average molecular weight is 393 g/mol. The number of H-pyrrole nitrogens is 1. The maximum absolute atomic E-state index is 12.4. The molecule has 2 aromatic carbocycles. The maximum atomic E-state index is 12.4. The lowest BCUT2D eigenvalue weighted by Crippen LogP contribution is -2.36. The van der Waals surface area contributed by atoms with Crippen LogP contribution in [0.15, 0.2) is 46.0 Å². The zero-order valence-electron chi connectivity index (χ0n) is 13.7. The summed E-state index contributed by atoms with van der Waals surface area (Å²) in [6.45, 7) is 1.99. The van der Waals surface area contributed by atoms with Crippen LogP contribution in [0.2, 0.25) is 10.0 Å². The van der Waals surface area contributed by atoms with Crippen LogP contribution in [-0.2, 0) is 11.3 Å². The molecule has 0 aliphatic heterocycles. The van der Waals surface area contributed by atoms with E-state index in [1.165, 1.54) is 16.7 Å². The number of nitrogens with one attached hydrogen (secondary N) is 1. The number of halogens is 2. The zero-order chi connectivity index (χ0) is 18.8. The molecule has 26 heavy (non-hydrogen) atoms. The van der Waals surface area contributed by atoms with E-state index in [1.807, 2.05) is 0 Å². The van der Waals surface area contributed by atoms with E-state index in [0.717, 1.165) is 0 Å². The van der Waals surface area contributed by atoms with E-state index in [1.54, 1.807) is 31.2 Å². The van der Waals surface area contributed by atoms with Crippen LogP contribution in [-0.4, -0.2) is 22.1 Å². The van der Waals surface area contributed by atoms with Crippen LogP contribution in [0.1, 0.15) is 22.8 Å². The molecule has 1 heterocycles. The first-order chi connectivity index (χ1) is 12.4. The first-order valence-electron chi connectivity index (χ1n) is 7.78. The summed E-state index contributed by atoms with van der Waals surface area (Å²) in [5.41, 5.74) is 0.211. The van der Waals surface area contributed by atoms with Crippen molar-refractivity contribution < 1.29 is 9.53 Å². The van der Waals surface area contributed by atoms with Gasteiger partial charge in [-0.15, -0.1) is 0 Å². The summed E-state index contributed by atoms with van der Waals surface area (Å²) in [4.78, 5) is 38.9. The number of esters is 1. The van der Waals surface area contributed by atoms with Gasteiger partial charge in [0, 0.05) is 10.0 Å². The van der Waals surface area contributed by atoms with Crippen molar-refractivity contribution in [1.82, 2.24) is 9.55 Å². The van der Waals surface area contributed by atoms with E-state index >= 15 is 0 Å². The van der Waals surface area contributed by atoms with Crippen molar-refractivity contribution in [3.63, 3.8) is 0 Å². The molecule has 0 saturated carbocycles. The summed E-state index contributed by atoms with van der Waals surface area (Å²) < 4.78 is 6.26. The minimum atomic E-state index is -0.758. The van der Waals surface area contributed by atoms with Crippen molar-refractivity contribution in [3.8, 4) is 0 Å². The lowest BCUT2D eigenvalue weighted by atomic mass is 10.1. The topological polar surface area (TPSA) is 81.2 Å². The van der Waals surface area contributed by atoms with Gasteiger partial charge >= 0.3 is 17.1 Å². The molecular formula is C18H14Cl2N2O4. The fourth-order valence-electron chi connectivity index (χ4n) is 2.59. The molecule has 6 nitrogen and oxygen atoms in total. The van der Waals surface area contributed by atoms with Gasteiger partial charge in [-0.1, -0.05) is 29.3 Å². The molecule has 0 atom stereocenters. The summed E-state index contributed by atoms with van der Waals surface area (Å²) in [7, 11) is 0. The van der Waals surface area contributed by atoms with Crippen LogP contribution in [0.5, 0.6) is 0 Å². The van der Waals surface area contributed by atoms with Gasteiger partial charge < -0.3 is 9.72 Å². The number of rotatable bonds is 4. The predicted molar refractivity (Wildman–Crippen MR) is 100 cm³/mol. The summed E-state index contributed by atoms with van der Waals surface area (Å²) in [5, 5.41) is 0.839. The highest BCUT2D eigenvalue weighted by atomic mass is 35.5. The molecule has 0 saturated heterocycles. The summed E-state index contributed by atoms with van der Waals surface area (Å²) in [6, 6.07) is 9.48. The number of hydrogen-bond donors (Lipinski definition) is 1. The van der Waals surface area contributed by atoms with E-state index in [4.69, 9.17) is 27.9 Å². The van der Waals surface area contributed by atoms with Gasteiger partial charge in [-0.05, 0) is 42.8 Å². The standard InChI is InChI=1S/C18H14Cl2N2O4/c1-2-26-18(25)10-4-6-14-15(7-10)22(17(24)16(23)21-14)9-11-3-5-12(19)8-13(11)20/h3-8H,2,9H2,1H3,(H,21,23). The van der Waals surface area contributed by atoms with Gasteiger partial charge in [-0.25, -0.2) is 4.79 Å². The molecule has 134 valence electrons. The highest BCUT2D eigenvalue weighted by Crippen LogP contribution is 2.22. The number of nitrogens with zero attached hydrogens (tertiary/aromatic N) is 1. The second-order valence-electron chi connectivity index (χ2n) is 5.53. The van der Waals surface area contributed by atoms with Gasteiger partial charge in [-0.3, -0.25) is 14.2 Å². The van der Waals surface area contributed by atoms with Gasteiger partial charge in [0.2, 0.25) is 0 Å². The molecule has 0 aliphatic rings. The van der Waals surface area contributed by atoms with E-state index in [-0.39, 0.29) is 18.7 Å². The lowest BCUT2D eigenvalue weighted by molar-refractivity contribution is 0.0526. The second-order valence-corrected chi connectivity index (χ2v) is 6.38. The number of aromatic nitrogens is 2. The lowest BCUT2D eigenvalue weighted by Gasteiger charge is -2.12. The Morgan fingerprint density at radius 2 is 1.92 bits per heavy atom. The predicted octanol–water partition coefficient (Wildman–Crippen LogP) is 3.22. The van der Waals surface area contributed by atoms with E-state index < -0.39 is 17.1 Å². The molecule has 0 radical (unpaired) electrons. The maximum Gasteiger partial charge on any atom is 0.338 e. The van der Waals surface area contributed by atoms with Crippen molar-refractivity contribution in [2.75, 3.05) is 6.61 Å². The van der Waals surface area contributed by atoms with Crippen LogP contribution >= 0.6 is 23.2 Å². The van der Waals surface area contributed by atoms with Crippen molar-refractivity contribution in [1.29, 1.82) is 0 Å². The molecular weight excluding hydrogens is 379 g/mol. The molecule has 3 rings (SSSR count). The Morgan fingerprint density at radius 1 is 1.15 bits per heavy atom. The number of benzene rings is 2. The Hall–Kier alpha value is -2.57. The third-order valence-corrected chi connectivity index (χ3v) is 4.42. The van der Waals surface area contributed by atoms with E-state index in [9.17, 15) is 14.4 Å². The highest BCUT2D eigenvalue weighted by Gasteiger charge is 2.14.